The Hall–Kier alpha value is -3.37. The Balaban J connectivity index is 1.62. The summed E-state index contributed by atoms with van der Waals surface area (Å²) < 4.78 is 70.5. The van der Waals surface area contributed by atoms with Crippen molar-refractivity contribution in [2.75, 3.05) is 20.1 Å². The molecule has 1 aliphatic rings. The first-order chi connectivity index (χ1) is 16.0. The fourth-order valence-corrected chi connectivity index (χ4v) is 3.84. The third-order valence-electron chi connectivity index (χ3n) is 5.34. The van der Waals surface area contributed by atoms with Crippen molar-refractivity contribution in [1.82, 2.24) is 9.80 Å². The molecule has 0 spiro atoms. The summed E-state index contributed by atoms with van der Waals surface area (Å²) in [6.45, 7) is -2.44. The summed E-state index contributed by atoms with van der Waals surface area (Å²) in [5, 5.41) is 0. The number of piperidine rings is 1. The Morgan fingerprint density at radius 3 is 2.44 bits per heavy atom. The Morgan fingerprint density at radius 1 is 1.12 bits per heavy atom. The first-order valence-electron chi connectivity index (χ1n) is 10.5. The third-order valence-corrected chi connectivity index (χ3v) is 5.34. The minimum atomic E-state index is -4.79. The maximum atomic E-state index is 13.0. The van der Waals surface area contributed by atoms with Gasteiger partial charge in [-0.25, -0.2) is 0 Å². The molecule has 2 amide bonds. The molecule has 1 unspecified atom stereocenters. The summed E-state index contributed by atoms with van der Waals surface area (Å²) in [4.78, 5) is 28.8. The summed E-state index contributed by atoms with van der Waals surface area (Å²) in [5.41, 5.74) is 0.595. The quantitative estimate of drug-likeness (QED) is 0.533. The molecule has 0 saturated carbocycles. The van der Waals surface area contributed by atoms with Crippen LogP contribution in [0, 0.1) is 5.92 Å². The van der Waals surface area contributed by atoms with Gasteiger partial charge in [-0.3, -0.25) is 9.59 Å². The van der Waals surface area contributed by atoms with E-state index in [2.05, 4.69) is 9.47 Å². The number of likely N-dealkylation sites (tertiary alicyclic amines) is 1. The molecule has 0 aromatic heterocycles. The van der Waals surface area contributed by atoms with Gasteiger partial charge in [0, 0.05) is 26.7 Å². The molecule has 1 fully saturated rings. The van der Waals surface area contributed by atoms with Crippen LogP contribution in [0.25, 0.3) is 0 Å². The number of nitrogens with zero attached hydrogens (tertiary/aromatic N) is 2. The van der Waals surface area contributed by atoms with Crippen LogP contribution in [-0.2, 0) is 11.3 Å². The van der Waals surface area contributed by atoms with Gasteiger partial charge in [-0.15, -0.1) is 13.2 Å². The number of rotatable bonds is 7. The molecule has 0 radical (unpaired) electrons. The van der Waals surface area contributed by atoms with Crippen molar-refractivity contribution in [3.05, 3.63) is 59.7 Å². The van der Waals surface area contributed by atoms with Gasteiger partial charge in [-0.05, 0) is 42.7 Å². The zero-order valence-electron chi connectivity index (χ0n) is 18.2. The lowest BCUT2D eigenvalue weighted by atomic mass is 9.95. The second kappa shape index (κ2) is 10.7. The molecule has 184 valence electrons. The van der Waals surface area contributed by atoms with E-state index in [1.165, 1.54) is 58.3 Å². The Morgan fingerprint density at radius 2 is 1.79 bits per heavy atom. The molecule has 2 aromatic rings. The fourth-order valence-electron chi connectivity index (χ4n) is 3.84. The normalized spacial score (nSPS) is 16.3. The number of para-hydroxylation sites is 1. The van der Waals surface area contributed by atoms with Crippen molar-refractivity contribution in [2.24, 2.45) is 5.92 Å². The summed E-state index contributed by atoms with van der Waals surface area (Å²) in [6, 6.07) is 10.9. The minimum Gasteiger partial charge on any atom is -0.434 e. The number of alkyl halides is 5. The van der Waals surface area contributed by atoms with Crippen LogP contribution < -0.4 is 9.47 Å². The predicted octanol–water partition coefficient (Wildman–Crippen LogP) is 4.70. The summed E-state index contributed by atoms with van der Waals surface area (Å²) in [5.74, 6) is -1.82. The smallest absolute Gasteiger partial charge is 0.434 e. The van der Waals surface area contributed by atoms with E-state index in [1.807, 2.05) is 0 Å². The van der Waals surface area contributed by atoms with E-state index in [-0.39, 0.29) is 36.1 Å². The maximum absolute atomic E-state index is 13.0. The molecular weight excluding hydrogens is 463 g/mol. The minimum absolute atomic E-state index is 0.00887. The molecule has 1 atom stereocenters. The number of hydrogen-bond donors (Lipinski definition) is 0. The van der Waals surface area contributed by atoms with Gasteiger partial charge in [0.1, 0.15) is 11.5 Å². The van der Waals surface area contributed by atoms with E-state index >= 15 is 0 Å². The second-order valence-corrected chi connectivity index (χ2v) is 7.85. The largest absolute Gasteiger partial charge is 0.573 e. The van der Waals surface area contributed by atoms with Crippen LogP contribution in [0.5, 0.6) is 11.5 Å². The number of hydrogen-bond acceptors (Lipinski definition) is 4. The van der Waals surface area contributed by atoms with Crippen LogP contribution in [0.1, 0.15) is 28.8 Å². The lowest BCUT2D eigenvalue weighted by Crippen LogP contribution is -2.45. The summed E-state index contributed by atoms with van der Waals surface area (Å²) in [6.07, 6.45) is -3.69. The summed E-state index contributed by atoms with van der Waals surface area (Å²) in [7, 11) is 1.56. The summed E-state index contributed by atoms with van der Waals surface area (Å²) >= 11 is 0. The van der Waals surface area contributed by atoms with Gasteiger partial charge in [-0.2, -0.15) is 8.78 Å². The molecule has 0 N–H and O–H groups in total. The van der Waals surface area contributed by atoms with Gasteiger partial charge < -0.3 is 19.3 Å². The van der Waals surface area contributed by atoms with Gasteiger partial charge in [0.15, 0.2) is 0 Å². The van der Waals surface area contributed by atoms with Crippen molar-refractivity contribution >= 4 is 11.8 Å². The van der Waals surface area contributed by atoms with Gasteiger partial charge >= 0.3 is 13.0 Å². The van der Waals surface area contributed by atoms with Crippen LogP contribution >= 0.6 is 0 Å². The number of amides is 2. The zero-order valence-corrected chi connectivity index (χ0v) is 18.2. The molecular formula is C23H23F5N2O4. The molecule has 2 aromatic carbocycles. The Bertz CT molecular complexity index is 998. The zero-order chi connectivity index (χ0) is 24.9. The van der Waals surface area contributed by atoms with Crippen LogP contribution in [0.3, 0.4) is 0 Å². The SMILES string of the molecule is CN(Cc1ccc(OC(F)(F)F)cc1)C(=O)C1CCCN(C(=O)c2ccccc2OC(F)F)C1. The van der Waals surface area contributed by atoms with Crippen molar-refractivity contribution in [3.8, 4) is 11.5 Å². The monoisotopic (exact) mass is 486 g/mol. The standard InChI is InChI=1S/C23H23F5N2O4/c1-29(13-15-8-10-17(11-9-15)34-23(26,27)28)20(31)16-5-4-12-30(14-16)21(32)18-6-2-3-7-19(18)33-22(24)25/h2-3,6-11,16,22H,4-5,12-14H2,1H3. The van der Waals surface area contributed by atoms with Crippen LogP contribution in [-0.4, -0.2) is 54.7 Å². The third kappa shape index (κ3) is 6.82. The van der Waals surface area contributed by atoms with Crippen molar-refractivity contribution in [2.45, 2.75) is 32.4 Å². The molecule has 3 rings (SSSR count). The molecule has 0 bridgehead atoms. The lowest BCUT2D eigenvalue weighted by Gasteiger charge is -2.34. The van der Waals surface area contributed by atoms with Crippen molar-refractivity contribution in [3.63, 3.8) is 0 Å². The number of carbonyl (C=O) groups is 2. The highest BCUT2D eigenvalue weighted by molar-refractivity contribution is 5.97. The van der Waals surface area contributed by atoms with Crippen LogP contribution in [0.2, 0.25) is 0 Å². The first kappa shape index (κ1) is 25.3. The molecule has 1 heterocycles. The lowest BCUT2D eigenvalue weighted by molar-refractivity contribution is -0.274. The second-order valence-electron chi connectivity index (χ2n) is 7.85. The van der Waals surface area contributed by atoms with E-state index < -0.39 is 24.8 Å². The van der Waals surface area contributed by atoms with Gasteiger partial charge in [0.25, 0.3) is 5.91 Å². The highest BCUT2D eigenvalue weighted by Gasteiger charge is 2.32. The molecule has 6 nitrogen and oxygen atoms in total. The average molecular weight is 486 g/mol. The van der Waals surface area contributed by atoms with Gasteiger partial charge in [-0.1, -0.05) is 24.3 Å². The van der Waals surface area contributed by atoms with Gasteiger partial charge in [0.2, 0.25) is 5.91 Å². The molecule has 34 heavy (non-hydrogen) atoms. The van der Waals surface area contributed by atoms with E-state index in [0.29, 0.717) is 24.9 Å². The van der Waals surface area contributed by atoms with Crippen LogP contribution in [0.4, 0.5) is 22.0 Å². The van der Waals surface area contributed by atoms with Crippen molar-refractivity contribution < 1.29 is 41.0 Å². The molecule has 0 aliphatic carbocycles. The molecule has 11 heteroatoms. The van der Waals surface area contributed by atoms with E-state index in [4.69, 9.17) is 0 Å². The van der Waals surface area contributed by atoms with Gasteiger partial charge in [0.05, 0.1) is 11.5 Å². The van der Waals surface area contributed by atoms with E-state index in [9.17, 15) is 31.5 Å². The Labute approximate surface area is 192 Å². The molecule has 1 aliphatic heterocycles. The average Bonchev–Trinajstić information content (AvgIpc) is 2.78. The first-order valence-corrected chi connectivity index (χ1v) is 10.5. The number of halogens is 5. The molecule has 1 saturated heterocycles. The highest BCUT2D eigenvalue weighted by Crippen LogP contribution is 2.27. The maximum Gasteiger partial charge on any atom is 0.573 e. The van der Waals surface area contributed by atoms with Crippen LogP contribution in [0.15, 0.2) is 48.5 Å². The fraction of sp³-hybridized carbons (Fsp3) is 0.391. The Kier molecular flexibility index (Phi) is 7.95. The van der Waals surface area contributed by atoms with E-state index in [1.54, 1.807) is 7.05 Å². The van der Waals surface area contributed by atoms with Crippen molar-refractivity contribution in [1.29, 1.82) is 0 Å². The van der Waals surface area contributed by atoms with E-state index in [0.717, 1.165) is 0 Å². The topological polar surface area (TPSA) is 59.1 Å². The number of ether oxygens (including phenoxy) is 2. The number of benzene rings is 2. The highest BCUT2D eigenvalue weighted by atomic mass is 19.4. The number of carbonyl (C=O) groups excluding carboxylic acids is 2. The predicted molar refractivity (Wildman–Crippen MR) is 111 cm³/mol.